The van der Waals surface area contributed by atoms with Crippen LogP contribution in [0.5, 0.6) is 0 Å². The van der Waals surface area contributed by atoms with Crippen molar-refractivity contribution in [2.24, 2.45) is 0 Å². The van der Waals surface area contributed by atoms with Gasteiger partial charge in [0.2, 0.25) is 0 Å². The van der Waals surface area contributed by atoms with Gasteiger partial charge in [-0.15, -0.1) is 0 Å². The van der Waals surface area contributed by atoms with Crippen molar-refractivity contribution < 1.29 is 5.11 Å². The van der Waals surface area contributed by atoms with Crippen LogP contribution in [0.25, 0.3) is 0 Å². The average Bonchev–Trinajstić information content (AvgIpc) is 2.68. The smallest absolute Gasteiger partial charge is 0.0558 e. The lowest BCUT2D eigenvalue weighted by atomic mass is 9.89. The van der Waals surface area contributed by atoms with Gasteiger partial charge >= 0.3 is 0 Å². The highest BCUT2D eigenvalue weighted by Crippen LogP contribution is 2.28. The standard InChI is InChI=1S/C23H31NO/c25-19-18-24-22(16-14-20-8-3-1-4-9-20)12-7-13-23(24)17-15-21-10-5-2-6-11-21/h1-6,8-11,22-23,25H,7,12-19H2/t22-,23+. The number of hydrogen-bond donors (Lipinski definition) is 1. The Bertz CT molecular complexity index is 547. The largest absolute Gasteiger partial charge is 0.395 e. The lowest BCUT2D eigenvalue weighted by Crippen LogP contribution is -2.48. The molecular weight excluding hydrogens is 306 g/mol. The van der Waals surface area contributed by atoms with Crippen molar-refractivity contribution in [3.05, 3.63) is 71.8 Å². The number of aryl methyl sites for hydroxylation is 2. The SMILES string of the molecule is OCCN1[C@@H](CCc2ccccc2)CCC[C@H]1CCc1ccccc1. The molecule has 3 rings (SSSR count). The first-order valence-corrected chi connectivity index (χ1v) is 9.81. The molecule has 0 spiro atoms. The van der Waals surface area contributed by atoms with Crippen LogP contribution in [0.15, 0.2) is 60.7 Å². The summed E-state index contributed by atoms with van der Waals surface area (Å²) in [6, 6.07) is 22.8. The third-order valence-corrected chi connectivity index (χ3v) is 5.59. The Labute approximate surface area is 152 Å². The average molecular weight is 338 g/mol. The highest BCUT2D eigenvalue weighted by molar-refractivity contribution is 5.16. The third kappa shape index (κ3) is 5.42. The van der Waals surface area contributed by atoms with E-state index in [0.29, 0.717) is 12.1 Å². The van der Waals surface area contributed by atoms with Crippen molar-refractivity contribution in [3.8, 4) is 0 Å². The van der Waals surface area contributed by atoms with Gasteiger partial charge in [0.15, 0.2) is 0 Å². The van der Waals surface area contributed by atoms with Gasteiger partial charge in [0.25, 0.3) is 0 Å². The molecule has 25 heavy (non-hydrogen) atoms. The summed E-state index contributed by atoms with van der Waals surface area (Å²) in [5, 5.41) is 9.58. The Balaban J connectivity index is 1.58. The van der Waals surface area contributed by atoms with E-state index in [4.69, 9.17) is 0 Å². The number of likely N-dealkylation sites (tertiary alicyclic amines) is 1. The summed E-state index contributed by atoms with van der Waals surface area (Å²) in [6.45, 7) is 1.09. The Morgan fingerprint density at radius 2 is 1.24 bits per heavy atom. The Kier molecular flexibility index (Phi) is 7.08. The molecule has 0 radical (unpaired) electrons. The first-order chi connectivity index (χ1) is 12.4. The van der Waals surface area contributed by atoms with E-state index in [9.17, 15) is 5.11 Å². The van der Waals surface area contributed by atoms with E-state index in [1.165, 1.54) is 43.2 Å². The van der Waals surface area contributed by atoms with Crippen LogP contribution in [-0.2, 0) is 12.8 Å². The van der Waals surface area contributed by atoms with Crippen LogP contribution in [0, 0.1) is 0 Å². The summed E-state index contributed by atoms with van der Waals surface area (Å²) in [5.74, 6) is 0. The van der Waals surface area contributed by atoms with Crippen LogP contribution in [0.1, 0.15) is 43.2 Å². The number of rotatable bonds is 8. The molecule has 1 saturated heterocycles. The molecule has 0 bridgehead atoms. The third-order valence-electron chi connectivity index (χ3n) is 5.59. The number of aliphatic hydroxyl groups excluding tert-OH is 1. The first kappa shape index (κ1) is 18.2. The van der Waals surface area contributed by atoms with Gasteiger partial charge in [-0.1, -0.05) is 67.1 Å². The fraction of sp³-hybridized carbons (Fsp3) is 0.478. The molecule has 2 atom stereocenters. The lowest BCUT2D eigenvalue weighted by molar-refractivity contribution is 0.0543. The van der Waals surface area contributed by atoms with Crippen molar-refractivity contribution >= 4 is 0 Å². The molecule has 1 aliphatic heterocycles. The molecule has 134 valence electrons. The quantitative estimate of drug-likeness (QED) is 0.768. The summed E-state index contributed by atoms with van der Waals surface area (Å²) in [6.07, 6.45) is 8.54. The first-order valence-electron chi connectivity index (χ1n) is 9.81. The summed E-state index contributed by atoms with van der Waals surface area (Å²) in [5.41, 5.74) is 2.86. The maximum Gasteiger partial charge on any atom is 0.0558 e. The number of aliphatic hydroxyl groups is 1. The highest BCUT2D eigenvalue weighted by Gasteiger charge is 2.29. The molecule has 0 aromatic heterocycles. The summed E-state index contributed by atoms with van der Waals surface area (Å²) < 4.78 is 0. The zero-order valence-corrected chi connectivity index (χ0v) is 15.2. The minimum absolute atomic E-state index is 0.268. The van der Waals surface area contributed by atoms with E-state index in [1.807, 2.05) is 0 Å². The molecule has 2 nitrogen and oxygen atoms in total. The van der Waals surface area contributed by atoms with E-state index in [2.05, 4.69) is 65.6 Å². The van der Waals surface area contributed by atoms with Gasteiger partial charge in [-0.2, -0.15) is 0 Å². The van der Waals surface area contributed by atoms with Gasteiger partial charge in [-0.05, 0) is 49.7 Å². The molecule has 0 amide bonds. The number of hydrogen-bond acceptors (Lipinski definition) is 2. The van der Waals surface area contributed by atoms with E-state index >= 15 is 0 Å². The van der Waals surface area contributed by atoms with Gasteiger partial charge in [0.1, 0.15) is 0 Å². The zero-order chi connectivity index (χ0) is 17.3. The molecular formula is C23H31NO. The number of piperidine rings is 1. The van der Waals surface area contributed by atoms with Crippen LogP contribution in [-0.4, -0.2) is 35.2 Å². The molecule has 0 unspecified atom stereocenters. The molecule has 1 aliphatic rings. The van der Waals surface area contributed by atoms with E-state index in [1.54, 1.807) is 0 Å². The molecule has 2 aromatic rings. The van der Waals surface area contributed by atoms with Gasteiger partial charge < -0.3 is 5.11 Å². The molecule has 1 fully saturated rings. The second-order valence-corrected chi connectivity index (χ2v) is 7.25. The van der Waals surface area contributed by atoms with Gasteiger partial charge in [0, 0.05) is 18.6 Å². The van der Waals surface area contributed by atoms with Crippen LogP contribution in [0.3, 0.4) is 0 Å². The molecule has 0 saturated carbocycles. The number of nitrogens with zero attached hydrogens (tertiary/aromatic N) is 1. The van der Waals surface area contributed by atoms with E-state index < -0.39 is 0 Å². The van der Waals surface area contributed by atoms with Gasteiger partial charge in [-0.25, -0.2) is 0 Å². The maximum atomic E-state index is 9.58. The normalized spacial score (nSPS) is 21.3. The highest BCUT2D eigenvalue weighted by atomic mass is 16.3. The second-order valence-electron chi connectivity index (χ2n) is 7.25. The zero-order valence-electron chi connectivity index (χ0n) is 15.2. The summed E-state index contributed by atoms with van der Waals surface area (Å²) >= 11 is 0. The van der Waals surface area contributed by atoms with Crippen molar-refractivity contribution in [3.63, 3.8) is 0 Å². The predicted octanol–water partition coefficient (Wildman–Crippen LogP) is 4.47. The number of benzene rings is 2. The molecule has 1 N–H and O–H groups in total. The van der Waals surface area contributed by atoms with Crippen molar-refractivity contribution in [2.45, 2.75) is 57.0 Å². The second kappa shape index (κ2) is 9.74. The van der Waals surface area contributed by atoms with Crippen LogP contribution in [0.4, 0.5) is 0 Å². The van der Waals surface area contributed by atoms with Crippen molar-refractivity contribution in [1.82, 2.24) is 4.90 Å². The van der Waals surface area contributed by atoms with Gasteiger partial charge in [-0.3, -0.25) is 4.90 Å². The number of β-amino-alcohol motifs (C(OH)–C–C–N with tert-alkyl or cyclic N) is 1. The van der Waals surface area contributed by atoms with Gasteiger partial charge in [0.05, 0.1) is 6.61 Å². The fourth-order valence-electron chi connectivity index (χ4n) is 4.28. The van der Waals surface area contributed by atoms with E-state index in [-0.39, 0.29) is 6.61 Å². The Hall–Kier alpha value is -1.64. The van der Waals surface area contributed by atoms with Crippen LogP contribution in [0.2, 0.25) is 0 Å². The fourth-order valence-corrected chi connectivity index (χ4v) is 4.28. The van der Waals surface area contributed by atoms with Crippen LogP contribution < -0.4 is 0 Å². The van der Waals surface area contributed by atoms with Crippen molar-refractivity contribution in [2.75, 3.05) is 13.2 Å². The Morgan fingerprint density at radius 1 is 0.760 bits per heavy atom. The monoisotopic (exact) mass is 337 g/mol. The minimum atomic E-state index is 0.268. The summed E-state index contributed by atoms with van der Waals surface area (Å²) in [4.78, 5) is 2.61. The topological polar surface area (TPSA) is 23.5 Å². The molecule has 2 aromatic carbocycles. The molecule has 2 heteroatoms. The molecule has 1 heterocycles. The summed E-state index contributed by atoms with van der Waals surface area (Å²) in [7, 11) is 0. The van der Waals surface area contributed by atoms with Crippen LogP contribution >= 0.6 is 0 Å². The lowest BCUT2D eigenvalue weighted by Gasteiger charge is -2.42. The maximum absolute atomic E-state index is 9.58. The minimum Gasteiger partial charge on any atom is -0.395 e. The van der Waals surface area contributed by atoms with E-state index in [0.717, 1.165) is 19.4 Å². The predicted molar refractivity (Wildman–Crippen MR) is 105 cm³/mol. The molecule has 0 aliphatic carbocycles. The Morgan fingerprint density at radius 3 is 1.68 bits per heavy atom. The van der Waals surface area contributed by atoms with Crippen molar-refractivity contribution in [1.29, 1.82) is 0 Å².